The van der Waals surface area contributed by atoms with Gasteiger partial charge in [0, 0.05) is 31.4 Å². The summed E-state index contributed by atoms with van der Waals surface area (Å²) in [5.74, 6) is -0.236. The minimum atomic E-state index is -0.565. The molecule has 8 nitrogen and oxygen atoms in total. The lowest BCUT2D eigenvalue weighted by molar-refractivity contribution is 0.0528. The summed E-state index contributed by atoms with van der Waals surface area (Å²) in [4.78, 5) is 34.7. The van der Waals surface area contributed by atoms with E-state index in [0.29, 0.717) is 11.3 Å². The smallest absolute Gasteiger partial charge is 0.407 e. The van der Waals surface area contributed by atoms with Crippen molar-refractivity contribution in [3.05, 3.63) is 29.8 Å². The molecule has 0 bridgehead atoms. The third-order valence-electron chi connectivity index (χ3n) is 2.69. The second-order valence-electron chi connectivity index (χ2n) is 5.97. The van der Waals surface area contributed by atoms with Crippen molar-refractivity contribution in [1.29, 1.82) is 0 Å². The fourth-order valence-electron chi connectivity index (χ4n) is 1.71. The summed E-state index contributed by atoms with van der Waals surface area (Å²) in [6.45, 7) is 5.78. The van der Waals surface area contributed by atoms with Gasteiger partial charge in [-0.15, -0.1) is 0 Å². The quantitative estimate of drug-likeness (QED) is 0.614. The molecule has 0 aromatic heterocycles. The molecule has 132 valence electrons. The molecule has 0 unspecified atom stereocenters. The maximum atomic E-state index is 11.8. The molecule has 0 aliphatic heterocycles. The number of hydrogen-bond acceptors (Lipinski definition) is 4. The van der Waals surface area contributed by atoms with Gasteiger partial charge in [0.1, 0.15) is 5.60 Å². The summed E-state index contributed by atoms with van der Waals surface area (Å²) < 4.78 is 5.07. The molecule has 4 amide bonds. The molecule has 1 rings (SSSR count). The topological polar surface area (TPSA) is 109 Å². The first-order chi connectivity index (χ1) is 11.2. The minimum Gasteiger partial charge on any atom is -0.444 e. The van der Waals surface area contributed by atoms with Crippen LogP contribution in [0.25, 0.3) is 0 Å². The first-order valence-corrected chi connectivity index (χ1v) is 7.55. The SMILES string of the molecule is CNC(=O)c1cccc(NC(=O)NCCNC(=O)OC(C)(C)C)c1. The standard InChI is InChI=1S/C16H24N4O4/c1-16(2,3)24-15(23)19-9-8-18-14(22)20-12-7-5-6-11(10-12)13(21)17-4/h5-7,10H,8-9H2,1-4H3,(H,17,21)(H,19,23)(H2,18,20,22). The van der Waals surface area contributed by atoms with E-state index in [9.17, 15) is 14.4 Å². The van der Waals surface area contributed by atoms with Gasteiger partial charge in [0.15, 0.2) is 0 Å². The second-order valence-corrected chi connectivity index (χ2v) is 5.97. The molecule has 0 saturated carbocycles. The number of benzene rings is 1. The molecule has 0 saturated heterocycles. The highest BCUT2D eigenvalue weighted by atomic mass is 16.6. The normalized spacial score (nSPS) is 10.5. The number of urea groups is 1. The van der Waals surface area contributed by atoms with Crippen LogP contribution >= 0.6 is 0 Å². The van der Waals surface area contributed by atoms with Crippen molar-refractivity contribution in [1.82, 2.24) is 16.0 Å². The molecule has 0 aliphatic rings. The van der Waals surface area contributed by atoms with Crippen LogP contribution in [-0.4, -0.2) is 43.8 Å². The van der Waals surface area contributed by atoms with Crippen LogP contribution in [0.1, 0.15) is 31.1 Å². The highest BCUT2D eigenvalue weighted by molar-refractivity contribution is 5.96. The minimum absolute atomic E-state index is 0.236. The fraction of sp³-hybridized carbons (Fsp3) is 0.438. The van der Waals surface area contributed by atoms with Gasteiger partial charge in [-0.25, -0.2) is 9.59 Å². The summed E-state index contributed by atoms with van der Waals surface area (Å²) in [5, 5.41) is 10.2. The van der Waals surface area contributed by atoms with E-state index >= 15 is 0 Å². The molecule has 0 aliphatic carbocycles. The van der Waals surface area contributed by atoms with Crippen LogP contribution in [0, 0.1) is 0 Å². The van der Waals surface area contributed by atoms with Crippen LogP contribution in [-0.2, 0) is 4.74 Å². The van der Waals surface area contributed by atoms with Crippen LogP contribution in [0.15, 0.2) is 24.3 Å². The summed E-state index contributed by atoms with van der Waals surface area (Å²) in [6.07, 6.45) is -0.539. The van der Waals surface area contributed by atoms with Crippen molar-refractivity contribution in [3.63, 3.8) is 0 Å². The summed E-state index contributed by atoms with van der Waals surface area (Å²) in [6, 6.07) is 6.12. The zero-order valence-corrected chi connectivity index (χ0v) is 14.4. The molecule has 1 aromatic rings. The Balaban J connectivity index is 2.34. The Kier molecular flexibility index (Phi) is 7.03. The lowest BCUT2D eigenvalue weighted by atomic mass is 10.2. The third-order valence-corrected chi connectivity index (χ3v) is 2.69. The highest BCUT2D eigenvalue weighted by Gasteiger charge is 2.15. The summed E-state index contributed by atoms with van der Waals surface area (Å²) >= 11 is 0. The van der Waals surface area contributed by atoms with Gasteiger partial charge in [0.2, 0.25) is 0 Å². The van der Waals surface area contributed by atoms with Crippen molar-refractivity contribution < 1.29 is 19.1 Å². The maximum Gasteiger partial charge on any atom is 0.407 e. The van der Waals surface area contributed by atoms with Crippen molar-refractivity contribution in [2.75, 3.05) is 25.5 Å². The molecule has 8 heteroatoms. The van der Waals surface area contributed by atoms with E-state index in [1.54, 1.807) is 45.0 Å². The predicted molar refractivity (Wildman–Crippen MR) is 91.1 cm³/mol. The molecule has 0 spiro atoms. The number of hydrogen-bond donors (Lipinski definition) is 4. The number of carbonyl (C=O) groups excluding carboxylic acids is 3. The Bertz CT molecular complexity index is 596. The molecule has 0 atom stereocenters. The van der Waals surface area contributed by atoms with E-state index in [0.717, 1.165) is 0 Å². The number of alkyl carbamates (subject to hydrolysis) is 1. The summed E-state index contributed by atoms with van der Waals surface area (Å²) in [5.41, 5.74) is 0.376. The lowest BCUT2D eigenvalue weighted by Crippen LogP contribution is -2.39. The second kappa shape index (κ2) is 8.76. The van der Waals surface area contributed by atoms with Crippen molar-refractivity contribution >= 4 is 23.7 Å². The molecule has 0 heterocycles. The van der Waals surface area contributed by atoms with Gasteiger partial charge in [-0.05, 0) is 39.0 Å². The van der Waals surface area contributed by atoms with Crippen molar-refractivity contribution in [2.24, 2.45) is 0 Å². The van der Waals surface area contributed by atoms with Gasteiger partial charge in [-0.2, -0.15) is 0 Å². The largest absolute Gasteiger partial charge is 0.444 e. The lowest BCUT2D eigenvalue weighted by Gasteiger charge is -2.19. The Morgan fingerprint density at radius 2 is 1.75 bits per heavy atom. The molecule has 0 radical (unpaired) electrons. The first-order valence-electron chi connectivity index (χ1n) is 7.55. The highest BCUT2D eigenvalue weighted by Crippen LogP contribution is 2.10. The van der Waals surface area contributed by atoms with E-state index in [2.05, 4.69) is 21.3 Å². The monoisotopic (exact) mass is 336 g/mol. The van der Waals surface area contributed by atoms with E-state index in [1.165, 1.54) is 7.05 Å². The Morgan fingerprint density at radius 3 is 2.38 bits per heavy atom. The number of nitrogens with one attached hydrogen (secondary N) is 4. The third kappa shape index (κ3) is 7.48. The number of ether oxygens (including phenoxy) is 1. The maximum absolute atomic E-state index is 11.8. The van der Waals surface area contributed by atoms with Crippen LogP contribution in [0.5, 0.6) is 0 Å². The zero-order valence-electron chi connectivity index (χ0n) is 14.4. The van der Waals surface area contributed by atoms with Crippen LogP contribution in [0.4, 0.5) is 15.3 Å². The number of carbonyl (C=O) groups is 3. The van der Waals surface area contributed by atoms with E-state index in [4.69, 9.17) is 4.74 Å². The number of amides is 4. The average molecular weight is 336 g/mol. The molecular weight excluding hydrogens is 312 g/mol. The molecule has 1 aromatic carbocycles. The van der Waals surface area contributed by atoms with Crippen molar-refractivity contribution in [2.45, 2.75) is 26.4 Å². The number of rotatable bonds is 5. The average Bonchev–Trinajstić information content (AvgIpc) is 2.49. The first kappa shape index (κ1) is 19.3. The van der Waals surface area contributed by atoms with E-state index < -0.39 is 17.7 Å². The predicted octanol–water partition coefficient (Wildman–Crippen LogP) is 1.69. The van der Waals surface area contributed by atoms with E-state index in [-0.39, 0.29) is 19.0 Å². The molecule has 4 N–H and O–H groups in total. The molecular formula is C16H24N4O4. The van der Waals surface area contributed by atoms with Crippen LogP contribution in [0.3, 0.4) is 0 Å². The van der Waals surface area contributed by atoms with Crippen LogP contribution in [0.2, 0.25) is 0 Å². The summed E-state index contributed by atoms with van der Waals surface area (Å²) in [7, 11) is 1.53. The van der Waals surface area contributed by atoms with Gasteiger partial charge in [0.25, 0.3) is 5.91 Å². The van der Waals surface area contributed by atoms with Gasteiger partial charge >= 0.3 is 12.1 Å². The number of anilines is 1. The molecule has 0 fully saturated rings. The Labute approximate surface area is 141 Å². The zero-order chi connectivity index (χ0) is 18.2. The Morgan fingerprint density at radius 1 is 1.08 bits per heavy atom. The van der Waals surface area contributed by atoms with Gasteiger partial charge in [0.05, 0.1) is 0 Å². The van der Waals surface area contributed by atoms with Gasteiger partial charge in [-0.1, -0.05) is 6.07 Å². The fourth-order valence-corrected chi connectivity index (χ4v) is 1.71. The van der Waals surface area contributed by atoms with Gasteiger partial charge in [-0.3, -0.25) is 4.79 Å². The van der Waals surface area contributed by atoms with Crippen molar-refractivity contribution in [3.8, 4) is 0 Å². The van der Waals surface area contributed by atoms with Crippen LogP contribution < -0.4 is 21.3 Å². The van der Waals surface area contributed by atoms with Gasteiger partial charge < -0.3 is 26.0 Å². The molecule has 24 heavy (non-hydrogen) atoms. The Hall–Kier alpha value is -2.77. The van der Waals surface area contributed by atoms with E-state index in [1.807, 2.05) is 0 Å².